The van der Waals surface area contributed by atoms with Crippen molar-refractivity contribution in [1.29, 1.82) is 0 Å². The molecular formula is C25H23F4N5O4. The van der Waals surface area contributed by atoms with E-state index in [1.54, 1.807) is 4.90 Å². The van der Waals surface area contributed by atoms with Gasteiger partial charge in [0.2, 0.25) is 5.88 Å². The fraction of sp³-hybridized carbons (Fsp3) is 0.440. The molecule has 6 rings (SSSR count). The zero-order valence-corrected chi connectivity index (χ0v) is 20.1. The van der Waals surface area contributed by atoms with Gasteiger partial charge in [0.15, 0.2) is 5.82 Å². The fourth-order valence-electron chi connectivity index (χ4n) is 6.08. The molecule has 1 saturated heterocycles. The standard InChI is InChI=1S/C25H23F4N5O4/c1-36-13-37-12-18-16-9-24(16)10-19(38-20-6-5-14(11-30-20)25(27,28)29)22(24)33(18)23(35)15-3-2-4-17(26)21(15)34-31-7-8-32-34/h2-8,11,16,18-19,22H,9-10,12-13H2,1H3. The molecule has 0 bridgehead atoms. The highest BCUT2D eigenvalue weighted by Crippen LogP contribution is 2.74. The van der Waals surface area contributed by atoms with Crippen LogP contribution in [-0.4, -0.2) is 69.5 Å². The average Bonchev–Trinajstić information content (AvgIpc) is 3.30. The maximum Gasteiger partial charge on any atom is 0.417 e. The molecule has 9 nitrogen and oxygen atoms in total. The summed E-state index contributed by atoms with van der Waals surface area (Å²) in [4.78, 5) is 20.6. The van der Waals surface area contributed by atoms with Crippen molar-refractivity contribution in [3.63, 3.8) is 0 Å². The summed E-state index contributed by atoms with van der Waals surface area (Å²) in [5.41, 5.74) is -1.07. The number of hydrogen-bond donors (Lipinski definition) is 0. The Balaban J connectivity index is 1.31. The molecule has 5 unspecified atom stereocenters. The van der Waals surface area contributed by atoms with Gasteiger partial charge in [0.05, 0.1) is 42.2 Å². The van der Waals surface area contributed by atoms with Crippen LogP contribution in [0.25, 0.3) is 5.69 Å². The first kappa shape index (κ1) is 24.7. The summed E-state index contributed by atoms with van der Waals surface area (Å²) >= 11 is 0. The van der Waals surface area contributed by atoms with Crippen LogP contribution < -0.4 is 4.74 Å². The molecule has 1 spiro atoms. The lowest BCUT2D eigenvalue weighted by Crippen LogP contribution is -2.61. The smallest absolute Gasteiger partial charge is 0.417 e. The number of carbonyl (C=O) groups is 1. The summed E-state index contributed by atoms with van der Waals surface area (Å²) in [6.45, 7) is 0.249. The molecule has 3 fully saturated rings. The van der Waals surface area contributed by atoms with Crippen LogP contribution >= 0.6 is 0 Å². The van der Waals surface area contributed by atoms with Gasteiger partial charge in [-0.3, -0.25) is 4.79 Å². The molecule has 200 valence electrons. The molecule has 3 aromatic rings. The van der Waals surface area contributed by atoms with E-state index < -0.39 is 29.6 Å². The van der Waals surface area contributed by atoms with Crippen molar-refractivity contribution in [2.75, 3.05) is 20.5 Å². The molecule has 1 aromatic carbocycles. The van der Waals surface area contributed by atoms with Gasteiger partial charge in [0.25, 0.3) is 5.91 Å². The Morgan fingerprint density at radius 1 is 1.16 bits per heavy atom. The molecular weight excluding hydrogens is 510 g/mol. The molecule has 13 heteroatoms. The normalized spacial score (nSPS) is 27.4. The highest BCUT2D eigenvalue weighted by Gasteiger charge is 2.79. The Morgan fingerprint density at radius 3 is 2.63 bits per heavy atom. The van der Waals surface area contributed by atoms with E-state index in [0.717, 1.165) is 23.5 Å². The van der Waals surface area contributed by atoms with E-state index in [9.17, 15) is 22.4 Å². The number of methoxy groups -OCH3 is 1. The van der Waals surface area contributed by atoms with E-state index in [-0.39, 0.29) is 53.9 Å². The molecule has 3 aliphatic rings. The predicted octanol–water partition coefficient (Wildman–Crippen LogP) is 3.49. The number of piperidine rings is 1. The summed E-state index contributed by atoms with van der Waals surface area (Å²) in [5.74, 6) is -0.913. The van der Waals surface area contributed by atoms with Gasteiger partial charge in [-0.2, -0.15) is 23.4 Å². The van der Waals surface area contributed by atoms with Crippen LogP contribution in [-0.2, 0) is 15.7 Å². The van der Waals surface area contributed by atoms with E-state index in [0.29, 0.717) is 6.42 Å². The first-order valence-corrected chi connectivity index (χ1v) is 12.0. The molecule has 0 N–H and O–H groups in total. The topological polar surface area (TPSA) is 91.6 Å². The lowest BCUT2D eigenvalue weighted by Gasteiger charge is -2.48. The number of amides is 1. The predicted molar refractivity (Wildman–Crippen MR) is 122 cm³/mol. The average molecular weight is 533 g/mol. The van der Waals surface area contributed by atoms with Crippen molar-refractivity contribution in [2.45, 2.75) is 37.2 Å². The van der Waals surface area contributed by atoms with Crippen LogP contribution in [0.4, 0.5) is 17.6 Å². The summed E-state index contributed by atoms with van der Waals surface area (Å²) in [5, 5.41) is 8.01. The van der Waals surface area contributed by atoms with Gasteiger partial charge in [0.1, 0.15) is 18.6 Å². The SMILES string of the molecule is COCOCC1C2CC23CC(Oc2ccc(C(F)(F)F)cn2)C3N1C(=O)c1cccc(F)c1-n1nccn1. The van der Waals surface area contributed by atoms with E-state index in [1.807, 2.05) is 0 Å². The van der Waals surface area contributed by atoms with Gasteiger partial charge in [0, 0.05) is 24.8 Å². The third-order valence-electron chi connectivity index (χ3n) is 7.72. The minimum absolute atomic E-state index is 0.0358. The number of nitrogens with zero attached hydrogens (tertiary/aromatic N) is 5. The number of likely N-dealkylation sites (tertiary alicyclic amines) is 1. The quantitative estimate of drug-likeness (QED) is 0.249. The first-order chi connectivity index (χ1) is 18.2. The number of benzene rings is 1. The van der Waals surface area contributed by atoms with Gasteiger partial charge in [-0.25, -0.2) is 9.37 Å². The van der Waals surface area contributed by atoms with Crippen LogP contribution in [0, 0.1) is 17.2 Å². The number of rotatable bonds is 8. The zero-order chi connectivity index (χ0) is 26.7. The monoisotopic (exact) mass is 533 g/mol. The van der Waals surface area contributed by atoms with Crippen molar-refractivity contribution in [3.05, 3.63) is 65.9 Å². The highest BCUT2D eigenvalue weighted by atomic mass is 19.4. The largest absolute Gasteiger partial charge is 0.472 e. The number of ether oxygens (including phenoxy) is 3. The Bertz CT molecular complexity index is 1340. The Labute approximate surface area is 214 Å². The van der Waals surface area contributed by atoms with E-state index in [1.165, 1.54) is 43.8 Å². The van der Waals surface area contributed by atoms with Gasteiger partial charge >= 0.3 is 6.18 Å². The molecule has 2 aliphatic carbocycles. The lowest BCUT2D eigenvalue weighted by molar-refractivity contribution is -0.137. The van der Waals surface area contributed by atoms with E-state index in [4.69, 9.17) is 14.2 Å². The Hall–Kier alpha value is -3.58. The first-order valence-electron chi connectivity index (χ1n) is 12.0. The summed E-state index contributed by atoms with van der Waals surface area (Å²) in [6.07, 6.45) is -0.0432. The van der Waals surface area contributed by atoms with Gasteiger partial charge < -0.3 is 19.1 Å². The van der Waals surface area contributed by atoms with Gasteiger partial charge in [-0.05, 0) is 37.0 Å². The lowest BCUT2D eigenvalue weighted by atomic mass is 9.73. The fourth-order valence-corrected chi connectivity index (χ4v) is 6.08. The summed E-state index contributed by atoms with van der Waals surface area (Å²) in [7, 11) is 1.50. The molecule has 1 aliphatic heterocycles. The van der Waals surface area contributed by atoms with Crippen LogP contribution in [0.3, 0.4) is 0 Å². The minimum Gasteiger partial charge on any atom is -0.472 e. The number of hydrogen-bond acceptors (Lipinski definition) is 7. The van der Waals surface area contributed by atoms with E-state index >= 15 is 0 Å². The van der Waals surface area contributed by atoms with Crippen molar-refractivity contribution in [3.8, 4) is 11.6 Å². The van der Waals surface area contributed by atoms with Crippen molar-refractivity contribution >= 4 is 5.91 Å². The number of alkyl halides is 3. The maximum atomic E-state index is 14.9. The van der Waals surface area contributed by atoms with Crippen LogP contribution in [0.15, 0.2) is 48.9 Å². The van der Waals surface area contributed by atoms with Gasteiger partial charge in [-0.1, -0.05) is 6.07 Å². The summed E-state index contributed by atoms with van der Waals surface area (Å²) in [6, 6.07) is 5.56. The second-order valence-corrected chi connectivity index (χ2v) is 9.74. The van der Waals surface area contributed by atoms with Crippen LogP contribution in [0.1, 0.15) is 28.8 Å². The number of aromatic nitrogens is 4. The number of halogens is 4. The Morgan fingerprint density at radius 2 is 1.95 bits per heavy atom. The maximum absolute atomic E-state index is 14.9. The second-order valence-electron chi connectivity index (χ2n) is 9.74. The van der Waals surface area contributed by atoms with E-state index in [2.05, 4.69) is 15.2 Å². The summed E-state index contributed by atoms with van der Waals surface area (Å²) < 4.78 is 70.4. The van der Waals surface area contributed by atoms with Crippen LogP contribution in [0.2, 0.25) is 0 Å². The molecule has 1 amide bonds. The zero-order valence-electron chi connectivity index (χ0n) is 20.1. The highest BCUT2D eigenvalue weighted by molar-refractivity contribution is 5.99. The third kappa shape index (κ3) is 3.91. The number of pyridine rings is 1. The van der Waals surface area contributed by atoms with Crippen molar-refractivity contribution < 1.29 is 36.6 Å². The molecule has 2 saturated carbocycles. The minimum atomic E-state index is -4.51. The molecule has 3 heterocycles. The number of carbonyl (C=O) groups excluding carboxylic acids is 1. The third-order valence-corrected chi connectivity index (χ3v) is 7.72. The van der Waals surface area contributed by atoms with Gasteiger partial charge in [-0.15, -0.1) is 4.80 Å². The molecule has 2 aromatic heterocycles. The second kappa shape index (κ2) is 9.02. The molecule has 5 atom stereocenters. The molecule has 0 radical (unpaired) electrons. The number of para-hydroxylation sites is 1. The molecule has 38 heavy (non-hydrogen) atoms. The van der Waals surface area contributed by atoms with Crippen LogP contribution in [0.5, 0.6) is 5.88 Å². The Kier molecular flexibility index (Phi) is 5.87. The van der Waals surface area contributed by atoms with Crippen molar-refractivity contribution in [1.82, 2.24) is 24.9 Å². The van der Waals surface area contributed by atoms with Crippen molar-refractivity contribution in [2.24, 2.45) is 11.3 Å².